The van der Waals surface area contributed by atoms with Gasteiger partial charge < -0.3 is 10.1 Å². The number of fused-ring (bicyclic) bond motifs is 1. The van der Waals surface area contributed by atoms with Crippen LogP contribution in [0, 0.1) is 5.41 Å². The van der Waals surface area contributed by atoms with E-state index in [1.165, 1.54) is 0 Å². The molecule has 7 heteroatoms. The van der Waals surface area contributed by atoms with Crippen LogP contribution < -0.4 is 10.1 Å². The highest BCUT2D eigenvalue weighted by atomic mass is 16.5. The number of tetrazole rings is 1. The van der Waals surface area contributed by atoms with Crippen LogP contribution in [-0.4, -0.2) is 26.0 Å². The van der Waals surface area contributed by atoms with E-state index in [1.807, 2.05) is 54.6 Å². The van der Waals surface area contributed by atoms with Crippen molar-refractivity contribution in [2.75, 3.05) is 5.32 Å². The van der Waals surface area contributed by atoms with E-state index in [0.717, 1.165) is 34.6 Å². The average molecular weight is 401 g/mol. The van der Waals surface area contributed by atoms with E-state index < -0.39 is 0 Å². The Balaban J connectivity index is 1.51. The topological polar surface area (TPSA) is 81.9 Å². The van der Waals surface area contributed by atoms with Crippen LogP contribution in [0.2, 0.25) is 0 Å². The zero-order valence-corrected chi connectivity index (χ0v) is 17.0. The van der Waals surface area contributed by atoms with Crippen molar-refractivity contribution in [2.24, 2.45) is 5.41 Å². The lowest BCUT2D eigenvalue weighted by Gasteiger charge is -2.37. The molecule has 2 heterocycles. The number of ether oxygens (including phenoxy) is 1. The Labute approximate surface area is 174 Å². The minimum Gasteiger partial charge on any atom is -0.489 e. The third kappa shape index (κ3) is 3.36. The van der Waals surface area contributed by atoms with Gasteiger partial charge in [0.15, 0.2) is 5.78 Å². The summed E-state index contributed by atoms with van der Waals surface area (Å²) in [6.07, 6.45) is 1.29. The van der Waals surface area contributed by atoms with E-state index in [-0.39, 0.29) is 17.2 Å². The van der Waals surface area contributed by atoms with E-state index >= 15 is 0 Å². The third-order valence-corrected chi connectivity index (χ3v) is 5.62. The smallest absolute Gasteiger partial charge is 0.248 e. The molecule has 3 aromatic rings. The van der Waals surface area contributed by atoms with Crippen LogP contribution in [-0.2, 0) is 11.4 Å². The van der Waals surface area contributed by atoms with E-state index in [2.05, 4.69) is 34.7 Å². The summed E-state index contributed by atoms with van der Waals surface area (Å²) >= 11 is 0. The van der Waals surface area contributed by atoms with Gasteiger partial charge >= 0.3 is 0 Å². The Morgan fingerprint density at radius 3 is 2.80 bits per heavy atom. The highest BCUT2D eigenvalue weighted by molar-refractivity contribution is 6.00. The molecule has 0 amide bonds. The molecule has 1 aromatic heterocycles. The lowest BCUT2D eigenvalue weighted by molar-refractivity contribution is -0.118. The first-order chi connectivity index (χ1) is 14.5. The van der Waals surface area contributed by atoms with Crippen molar-refractivity contribution in [3.63, 3.8) is 0 Å². The van der Waals surface area contributed by atoms with E-state index in [1.54, 1.807) is 4.68 Å². The number of allylic oxidation sites excluding steroid dienone is 2. The lowest BCUT2D eigenvalue weighted by atomic mass is 9.73. The molecule has 1 aliphatic heterocycles. The van der Waals surface area contributed by atoms with Gasteiger partial charge in [-0.1, -0.05) is 61.4 Å². The van der Waals surface area contributed by atoms with Gasteiger partial charge in [0.2, 0.25) is 5.95 Å². The number of benzene rings is 2. The van der Waals surface area contributed by atoms with Crippen molar-refractivity contribution < 1.29 is 9.53 Å². The summed E-state index contributed by atoms with van der Waals surface area (Å²) < 4.78 is 7.70. The fourth-order valence-electron chi connectivity index (χ4n) is 4.29. The molecule has 1 atom stereocenters. The van der Waals surface area contributed by atoms with Gasteiger partial charge in [0.25, 0.3) is 0 Å². The first-order valence-electron chi connectivity index (χ1n) is 10.1. The van der Waals surface area contributed by atoms with E-state index in [4.69, 9.17) is 4.74 Å². The molecule has 0 fully saturated rings. The summed E-state index contributed by atoms with van der Waals surface area (Å²) in [5, 5.41) is 15.4. The van der Waals surface area contributed by atoms with Crippen LogP contribution in [0.3, 0.4) is 0 Å². The van der Waals surface area contributed by atoms with Crippen LogP contribution in [0.25, 0.3) is 0 Å². The zero-order valence-electron chi connectivity index (χ0n) is 17.0. The SMILES string of the molecule is CC1(C)CC(=O)C2=C(C1)Nc1nnnn1[C@H]2c1cccc(OCc2ccccc2)c1. The first kappa shape index (κ1) is 18.5. The lowest BCUT2D eigenvalue weighted by Crippen LogP contribution is -2.36. The number of ketones is 1. The maximum Gasteiger partial charge on any atom is 0.248 e. The fraction of sp³-hybridized carbons (Fsp3) is 0.304. The molecule has 152 valence electrons. The van der Waals surface area contributed by atoms with Gasteiger partial charge in [-0.25, -0.2) is 0 Å². The maximum absolute atomic E-state index is 13.1. The molecule has 30 heavy (non-hydrogen) atoms. The number of anilines is 1. The van der Waals surface area contributed by atoms with Crippen molar-refractivity contribution >= 4 is 11.7 Å². The molecule has 0 saturated heterocycles. The Kier molecular flexibility index (Phi) is 4.38. The van der Waals surface area contributed by atoms with Crippen LogP contribution in [0.1, 0.15) is 43.9 Å². The summed E-state index contributed by atoms with van der Waals surface area (Å²) in [6, 6.07) is 17.5. The maximum atomic E-state index is 13.1. The summed E-state index contributed by atoms with van der Waals surface area (Å²) in [4.78, 5) is 13.1. The molecule has 7 nitrogen and oxygen atoms in total. The van der Waals surface area contributed by atoms with Crippen molar-refractivity contribution in [3.8, 4) is 5.75 Å². The number of hydrogen-bond acceptors (Lipinski definition) is 6. The summed E-state index contributed by atoms with van der Waals surface area (Å²) in [6.45, 7) is 4.70. The third-order valence-electron chi connectivity index (χ3n) is 5.62. The fourth-order valence-corrected chi connectivity index (χ4v) is 4.29. The number of carbonyl (C=O) groups excluding carboxylic acids is 1. The van der Waals surface area contributed by atoms with Crippen molar-refractivity contribution in [1.82, 2.24) is 20.2 Å². The zero-order chi connectivity index (χ0) is 20.7. The van der Waals surface area contributed by atoms with Gasteiger partial charge in [0, 0.05) is 17.7 Å². The summed E-state index contributed by atoms with van der Waals surface area (Å²) in [5.41, 5.74) is 3.59. The number of nitrogens with zero attached hydrogens (tertiary/aromatic N) is 4. The molecule has 0 saturated carbocycles. The van der Waals surface area contributed by atoms with Gasteiger partial charge in [-0.15, -0.1) is 0 Å². The molecular formula is C23H23N5O2. The second-order valence-electron chi connectivity index (χ2n) is 8.65. The summed E-state index contributed by atoms with van der Waals surface area (Å²) in [7, 11) is 0. The van der Waals surface area contributed by atoms with Gasteiger partial charge in [-0.05, 0) is 45.5 Å². The molecule has 0 unspecified atom stereocenters. The predicted octanol–water partition coefficient (Wildman–Crippen LogP) is 3.91. The quantitative estimate of drug-likeness (QED) is 0.714. The molecule has 2 aliphatic rings. The number of rotatable bonds is 4. The van der Waals surface area contributed by atoms with Gasteiger partial charge in [-0.3, -0.25) is 4.79 Å². The molecule has 0 radical (unpaired) electrons. The number of nitrogens with one attached hydrogen (secondary N) is 1. The van der Waals surface area contributed by atoms with Gasteiger partial charge in [0.1, 0.15) is 18.4 Å². The Morgan fingerprint density at radius 1 is 1.13 bits per heavy atom. The normalized spacial score (nSPS) is 19.7. The van der Waals surface area contributed by atoms with Crippen LogP contribution in [0.5, 0.6) is 5.75 Å². The molecule has 0 spiro atoms. The highest BCUT2D eigenvalue weighted by Crippen LogP contribution is 2.45. The standard InChI is InChI=1S/C23H23N5O2/c1-23(2)12-18-20(19(29)13-23)21(28-22(24-18)25-26-27-28)16-9-6-10-17(11-16)30-14-15-7-4-3-5-8-15/h3-11,21H,12-14H2,1-2H3,(H,24,25,27)/t21-/m0/s1. The van der Waals surface area contributed by atoms with E-state index in [9.17, 15) is 4.79 Å². The monoisotopic (exact) mass is 401 g/mol. The van der Waals surface area contributed by atoms with E-state index in [0.29, 0.717) is 19.0 Å². The minimum absolute atomic E-state index is 0.0935. The largest absolute Gasteiger partial charge is 0.489 e. The molecule has 5 rings (SSSR count). The average Bonchev–Trinajstić information content (AvgIpc) is 3.19. The van der Waals surface area contributed by atoms with Crippen molar-refractivity contribution in [1.29, 1.82) is 0 Å². The molecule has 1 aliphatic carbocycles. The predicted molar refractivity (Wildman–Crippen MR) is 112 cm³/mol. The number of aromatic nitrogens is 4. The number of hydrogen-bond donors (Lipinski definition) is 1. The second-order valence-corrected chi connectivity index (χ2v) is 8.65. The van der Waals surface area contributed by atoms with Crippen LogP contribution in [0.15, 0.2) is 65.9 Å². The number of carbonyl (C=O) groups is 1. The molecular weight excluding hydrogens is 378 g/mol. The van der Waals surface area contributed by atoms with Crippen LogP contribution >= 0.6 is 0 Å². The van der Waals surface area contributed by atoms with Crippen molar-refractivity contribution in [3.05, 3.63) is 77.0 Å². The molecule has 0 bridgehead atoms. The molecule has 1 N–H and O–H groups in total. The van der Waals surface area contributed by atoms with Crippen LogP contribution in [0.4, 0.5) is 5.95 Å². The first-order valence-corrected chi connectivity index (χ1v) is 10.1. The highest BCUT2D eigenvalue weighted by Gasteiger charge is 2.41. The Hall–Kier alpha value is -3.48. The minimum atomic E-state index is -0.366. The Morgan fingerprint density at radius 2 is 1.97 bits per heavy atom. The molecule has 2 aromatic carbocycles. The van der Waals surface area contributed by atoms with Gasteiger partial charge in [-0.2, -0.15) is 4.68 Å². The number of Topliss-reactive ketones (excluding diaryl/α,β-unsaturated/α-hetero) is 1. The second kappa shape index (κ2) is 7.09. The van der Waals surface area contributed by atoms with Gasteiger partial charge in [0.05, 0.1) is 0 Å². The summed E-state index contributed by atoms with van der Waals surface area (Å²) in [5.74, 6) is 1.44. The van der Waals surface area contributed by atoms with Crippen molar-refractivity contribution in [2.45, 2.75) is 39.3 Å². The Bertz CT molecular complexity index is 1130.